The van der Waals surface area contributed by atoms with Crippen LogP contribution in [0.3, 0.4) is 0 Å². The number of aryl methyl sites for hydroxylation is 2. The fraction of sp³-hybridized carbons (Fsp3) is 0.519. The molecule has 0 spiro atoms. The van der Waals surface area contributed by atoms with E-state index in [4.69, 9.17) is 30.8 Å². The summed E-state index contributed by atoms with van der Waals surface area (Å²) in [7, 11) is 0. The Hall–Kier alpha value is -2.82. The monoisotopic (exact) mass is 549 g/mol. The number of alkyl halides is 2. The highest BCUT2D eigenvalue weighted by molar-refractivity contribution is 6.33. The van der Waals surface area contributed by atoms with Gasteiger partial charge in [0.15, 0.2) is 5.82 Å². The minimum absolute atomic E-state index is 0.169. The highest BCUT2D eigenvalue weighted by atomic mass is 35.5. The molecule has 3 aromatic rings. The van der Waals surface area contributed by atoms with Gasteiger partial charge in [-0.25, -0.2) is 18.7 Å². The van der Waals surface area contributed by atoms with Gasteiger partial charge in [0.1, 0.15) is 23.9 Å². The Kier molecular flexibility index (Phi) is 9.17. The van der Waals surface area contributed by atoms with Crippen LogP contribution < -0.4 is 9.64 Å². The molecule has 0 bridgehead atoms. The number of hydrogen-bond acceptors (Lipinski definition) is 8. The van der Waals surface area contributed by atoms with Crippen LogP contribution in [0.1, 0.15) is 36.8 Å². The fourth-order valence-corrected chi connectivity index (χ4v) is 4.91. The minimum Gasteiger partial charge on any atom is -0.491 e. The Morgan fingerprint density at radius 3 is 2.50 bits per heavy atom. The van der Waals surface area contributed by atoms with Gasteiger partial charge in [0.05, 0.1) is 34.6 Å². The van der Waals surface area contributed by atoms with Gasteiger partial charge in [-0.15, -0.1) is 0 Å². The minimum atomic E-state index is -2.36. The Morgan fingerprint density at radius 1 is 1.13 bits per heavy atom. The molecule has 0 aliphatic carbocycles. The smallest absolute Gasteiger partial charge is 0.251 e. The number of halogens is 3. The van der Waals surface area contributed by atoms with Crippen molar-refractivity contribution in [2.45, 2.75) is 53.1 Å². The van der Waals surface area contributed by atoms with E-state index in [9.17, 15) is 13.9 Å². The molecule has 206 valence electrons. The molecule has 38 heavy (non-hydrogen) atoms. The van der Waals surface area contributed by atoms with Gasteiger partial charge in [-0.05, 0) is 45.4 Å². The van der Waals surface area contributed by atoms with Gasteiger partial charge >= 0.3 is 0 Å². The average molecular weight is 550 g/mol. The van der Waals surface area contributed by atoms with Crippen LogP contribution >= 0.6 is 11.6 Å². The molecule has 0 amide bonds. The molecule has 1 N–H and O–H groups in total. The van der Waals surface area contributed by atoms with Crippen LogP contribution in [0.15, 0.2) is 22.7 Å². The summed E-state index contributed by atoms with van der Waals surface area (Å²) in [5, 5.41) is 14.6. The topological polar surface area (TPSA) is 87.7 Å². The number of ether oxygens (including phenoxy) is 1. The number of aliphatic hydroxyl groups is 1. The van der Waals surface area contributed by atoms with E-state index in [0.717, 1.165) is 17.5 Å². The quantitative estimate of drug-likeness (QED) is 0.364. The second-order valence-electron chi connectivity index (χ2n) is 9.62. The van der Waals surface area contributed by atoms with E-state index in [1.54, 1.807) is 23.1 Å². The molecule has 1 aromatic carbocycles. The number of aliphatic hydroxyl groups excluding tert-OH is 1. The number of piperazine rings is 1. The first-order valence-electron chi connectivity index (χ1n) is 12.9. The van der Waals surface area contributed by atoms with Crippen molar-refractivity contribution in [1.82, 2.24) is 20.0 Å². The molecule has 1 fully saturated rings. The summed E-state index contributed by atoms with van der Waals surface area (Å²) in [6.07, 6.45) is -1.41. The lowest BCUT2D eigenvalue weighted by molar-refractivity contribution is 0.0853. The predicted molar refractivity (Wildman–Crippen MR) is 143 cm³/mol. The third-order valence-corrected chi connectivity index (χ3v) is 7.03. The number of anilines is 1. The Bertz CT molecular complexity index is 1230. The van der Waals surface area contributed by atoms with Crippen LogP contribution in [-0.4, -0.2) is 77.0 Å². The molecule has 1 saturated heterocycles. The van der Waals surface area contributed by atoms with Gasteiger partial charge in [-0.2, -0.15) is 0 Å². The molecule has 8 nitrogen and oxygen atoms in total. The molecule has 0 saturated carbocycles. The molecule has 4 rings (SSSR count). The van der Waals surface area contributed by atoms with E-state index >= 15 is 0 Å². The van der Waals surface area contributed by atoms with Gasteiger partial charge in [0.25, 0.3) is 6.43 Å². The Balaban J connectivity index is 1.74. The maximum atomic E-state index is 12.9. The first-order chi connectivity index (χ1) is 18.2. The second-order valence-corrected chi connectivity index (χ2v) is 10.0. The van der Waals surface area contributed by atoms with Crippen molar-refractivity contribution in [2.75, 3.05) is 44.2 Å². The molecular formula is C27H34ClF2N5O3. The molecular weight excluding hydrogens is 516 g/mol. The maximum absolute atomic E-state index is 12.9. The van der Waals surface area contributed by atoms with Crippen molar-refractivity contribution in [3.63, 3.8) is 0 Å². The van der Waals surface area contributed by atoms with E-state index in [1.807, 2.05) is 27.7 Å². The van der Waals surface area contributed by atoms with Crippen molar-refractivity contribution >= 4 is 17.4 Å². The summed E-state index contributed by atoms with van der Waals surface area (Å²) in [5.74, 6) is 2.29. The fourth-order valence-electron chi connectivity index (χ4n) is 4.71. The molecule has 1 aliphatic rings. The van der Waals surface area contributed by atoms with Crippen LogP contribution in [0.5, 0.6) is 5.75 Å². The zero-order chi connectivity index (χ0) is 27.4. The second kappa shape index (κ2) is 12.4. The normalized spacial score (nSPS) is 15.3. The van der Waals surface area contributed by atoms with Crippen molar-refractivity contribution < 1.29 is 23.1 Å². The highest BCUT2D eigenvalue weighted by Crippen LogP contribution is 2.37. The first-order valence-corrected chi connectivity index (χ1v) is 13.2. The summed E-state index contributed by atoms with van der Waals surface area (Å²) in [6.45, 7) is 9.70. The summed E-state index contributed by atoms with van der Waals surface area (Å²) in [6, 6.07) is 5.24. The number of hydrogen-bond donors (Lipinski definition) is 1. The highest BCUT2D eigenvalue weighted by Gasteiger charge is 2.26. The number of benzene rings is 1. The standard InChI is InChI=1S/C27H34ClF2N5O3/c1-5-6-19(36)15-37-20-7-8-22(28)21(13-20)26-31-25(24-17(3)33-38-18(24)4)16(2)27(32-26)35-11-9-34(10-12-35)14-23(29)30/h7-8,13,19,23,36H,5-6,9-12,14-15H2,1-4H3/t19-/m1/s1. The zero-order valence-electron chi connectivity index (χ0n) is 22.2. The van der Waals surface area contributed by atoms with E-state index in [0.29, 0.717) is 77.7 Å². The molecule has 1 atom stereocenters. The molecule has 0 unspecified atom stereocenters. The molecule has 3 heterocycles. The van der Waals surface area contributed by atoms with Gasteiger partial charge < -0.3 is 19.3 Å². The number of rotatable bonds is 10. The van der Waals surface area contributed by atoms with Crippen LogP contribution in [0.4, 0.5) is 14.6 Å². The van der Waals surface area contributed by atoms with E-state index in [2.05, 4.69) is 10.1 Å². The van der Waals surface area contributed by atoms with Gasteiger partial charge in [-0.3, -0.25) is 4.90 Å². The van der Waals surface area contributed by atoms with E-state index in [1.165, 1.54) is 0 Å². The molecule has 0 radical (unpaired) electrons. The van der Waals surface area contributed by atoms with Crippen LogP contribution in [-0.2, 0) is 0 Å². The predicted octanol–water partition coefficient (Wildman–Crippen LogP) is 5.30. The third-order valence-electron chi connectivity index (χ3n) is 6.70. The average Bonchev–Trinajstić information content (AvgIpc) is 3.22. The lowest BCUT2D eigenvalue weighted by Gasteiger charge is -2.36. The first kappa shape index (κ1) is 28.2. The van der Waals surface area contributed by atoms with Crippen molar-refractivity contribution in [3.05, 3.63) is 40.2 Å². The SMILES string of the molecule is CCC[C@@H](O)COc1ccc(Cl)c(-c2nc(-c3c(C)noc3C)c(C)c(N3CCN(CC(F)F)CC3)n2)c1. The summed E-state index contributed by atoms with van der Waals surface area (Å²) < 4.78 is 37.1. The van der Waals surface area contributed by atoms with Crippen molar-refractivity contribution in [2.24, 2.45) is 0 Å². The van der Waals surface area contributed by atoms with Crippen LogP contribution in [0.2, 0.25) is 5.02 Å². The summed E-state index contributed by atoms with van der Waals surface area (Å²) >= 11 is 6.62. The van der Waals surface area contributed by atoms with E-state index < -0.39 is 12.5 Å². The van der Waals surface area contributed by atoms with Gasteiger partial charge in [-0.1, -0.05) is 30.1 Å². The number of aromatic nitrogens is 3. The largest absolute Gasteiger partial charge is 0.491 e. The Labute approximate surface area is 226 Å². The van der Waals surface area contributed by atoms with Gasteiger partial charge in [0, 0.05) is 37.3 Å². The van der Waals surface area contributed by atoms with Crippen molar-refractivity contribution in [1.29, 1.82) is 0 Å². The molecule has 11 heteroatoms. The molecule has 1 aliphatic heterocycles. The zero-order valence-corrected chi connectivity index (χ0v) is 22.9. The maximum Gasteiger partial charge on any atom is 0.251 e. The third kappa shape index (κ3) is 6.42. The van der Waals surface area contributed by atoms with Crippen LogP contribution in [0, 0.1) is 20.8 Å². The Morgan fingerprint density at radius 2 is 1.87 bits per heavy atom. The number of nitrogens with zero attached hydrogens (tertiary/aromatic N) is 5. The van der Waals surface area contributed by atoms with Crippen molar-refractivity contribution in [3.8, 4) is 28.4 Å². The van der Waals surface area contributed by atoms with Crippen LogP contribution in [0.25, 0.3) is 22.6 Å². The summed E-state index contributed by atoms with van der Waals surface area (Å²) in [4.78, 5) is 13.7. The lowest BCUT2D eigenvalue weighted by Crippen LogP contribution is -2.48. The summed E-state index contributed by atoms with van der Waals surface area (Å²) in [5.41, 5.74) is 3.60. The van der Waals surface area contributed by atoms with Gasteiger partial charge in [0.2, 0.25) is 0 Å². The molecule has 2 aromatic heterocycles. The lowest BCUT2D eigenvalue weighted by atomic mass is 10.0. The van der Waals surface area contributed by atoms with E-state index in [-0.39, 0.29) is 13.2 Å².